The molecule has 0 radical (unpaired) electrons. The van der Waals surface area contributed by atoms with Gasteiger partial charge in [0, 0.05) is 0 Å². The van der Waals surface area contributed by atoms with Crippen LogP contribution >= 0.6 is 45.9 Å². The van der Waals surface area contributed by atoms with Crippen LogP contribution in [0.25, 0.3) is 0 Å². The maximum absolute atomic E-state index is 11.9. The molecule has 0 spiro atoms. The number of carbonyl (C=O) groups is 2. The van der Waals surface area contributed by atoms with Crippen molar-refractivity contribution in [3.8, 4) is 0 Å². The first-order chi connectivity index (χ1) is 8.49. The van der Waals surface area contributed by atoms with Gasteiger partial charge in [-0.2, -0.15) is 0 Å². The second-order valence-corrected chi connectivity index (χ2v) is 6.42. The van der Waals surface area contributed by atoms with Crippen LogP contribution in [0.15, 0.2) is 17.5 Å². The Hall–Kier alpha value is -1.08. The number of rotatable bonds is 3. The van der Waals surface area contributed by atoms with E-state index in [9.17, 15) is 9.59 Å². The SMILES string of the molecule is NC(=O)c1ccsc1NC(=O)c1cc(Cl)sc1Cl. The van der Waals surface area contributed by atoms with Crippen LogP contribution in [-0.4, -0.2) is 11.8 Å². The first-order valence-corrected chi connectivity index (χ1v) is 7.07. The third-order valence-corrected chi connectivity index (χ3v) is 4.38. The fraction of sp³-hybridized carbons (Fsp3) is 0. The lowest BCUT2D eigenvalue weighted by Crippen LogP contribution is -2.16. The molecule has 18 heavy (non-hydrogen) atoms. The number of hydrogen-bond acceptors (Lipinski definition) is 4. The zero-order chi connectivity index (χ0) is 13.3. The molecule has 2 rings (SSSR count). The fourth-order valence-electron chi connectivity index (χ4n) is 1.27. The third kappa shape index (κ3) is 2.67. The molecule has 0 aromatic carbocycles. The summed E-state index contributed by atoms with van der Waals surface area (Å²) in [6.07, 6.45) is 0. The molecule has 3 N–H and O–H groups in total. The molecule has 0 aliphatic carbocycles. The second-order valence-electron chi connectivity index (χ2n) is 3.22. The van der Waals surface area contributed by atoms with Gasteiger partial charge in [0.25, 0.3) is 11.8 Å². The summed E-state index contributed by atoms with van der Waals surface area (Å²) in [5.74, 6) is -1.02. The van der Waals surface area contributed by atoms with E-state index < -0.39 is 11.8 Å². The summed E-state index contributed by atoms with van der Waals surface area (Å²) in [6.45, 7) is 0. The molecule has 0 atom stereocenters. The molecule has 94 valence electrons. The number of nitrogens with one attached hydrogen (secondary N) is 1. The van der Waals surface area contributed by atoms with Crippen LogP contribution in [-0.2, 0) is 0 Å². The fourth-order valence-corrected chi connectivity index (χ4v) is 3.51. The lowest BCUT2D eigenvalue weighted by atomic mass is 10.3. The van der Waals surface area contributed by atoms with E-state index in [0.717, 1.165) is 11.3 Å². The van der Waals surface area contributed by atoms with Crippen LogP contribution < -0.4 is 11.1 Å². The maximum atomic E-state index is 11.9. The number of anilines is 1. The molecule has 0 unspecified atom stereocenters. The zero-order valence-electron chi connectivity index (χ0n) is 8.70. The van der Waals surface area contributed by atoms with Crippen LogP contribution in [0.2, 0.25) is 8.67 Å². The van der Waals surface area contributed by atoms with E-state index in [2.05, 4.69) is 5.32 Å². The maximum Gasteiger partial charge on any atom is 0.258 e. The van der Waals surface area contributed by atoms with Crippen molar-refractivity contribution in [2.45, 2.75) is 0 Å². The zero-order valence-corrected chi connectivity index (χ0v) is 11.8. The van der Waals surface area contributed by atoms with Crippen LogP contribution in [0.1, 0.15) is 20.7 Å². The Bertz CT molecular complexity index is 621. The quantitative estimate of drug-likeness (QED) is 0.908. The van der Waals surface area contributed by atoms with Crippen molar-refractivity contribution in [3.05, 3.63) is 37.3 Å². The molecule has 2 aromatic heterocycles. The molecule has 2 aromatic rings. The van der Waals surface area contributed by atoms with Gasteiger partial charge in [0.1, 0.15) is 9.34 Å². The number of hydrogen-bond donors (Lipinski definition) is 2. The first-order valence-electron chi connectivity index (χ1n) is 4.62. The van der Waals surface area contributed by atoms with E-state index in [1.54, 1.807) is 11.4 Å². The van der Waals surface area contributed by atoms with Gasteiger partial charge in [-0.3, -0.25) is 9.59 Å². The van der Waals surface area contributed by atoms with E-state index in [-0.39, 0.29) is 11.1 Å². The van der Waals surface area contributed by atoms with E-state index in [0.29, 0.717) is 13.7 Å². The summed E-state index contributed by atoms with van der Waals surface area (Å²) >= 11 is 13.9. The van der Waals surface area contributed by atoms with Crippen molar-refractivity contribution >= 4 is 62.7 Å². The van der Waals surface area contributed by atoms with Gasteiger partial charge < -0.3 is 11.1 Å². The Balaban J connectivity index is 2.24. The van der Waals surface area contributed by atoms with Gasteiger partial charge in [-0.25, -0.2) is 0 Å². The van der Waals surface area contributed by atoms with Crippen molar-refractivity contribution in [2.24, 2.45) is 5.73 Å². The van der Waals surface area contributed by atoms with Crippen LogP contribution in [0.5, 0.6) is 0 Å². The molecular formula is C10H6Cl2N2O2S2. The van der Waals surface area contributed by atoms with Gasteiger partial charge in [0.2, 0.25) is 0 Å². The summed E-state index contributed by atoms with van der Waals surface area (Å²) in [5, 5.41) is 4.64. The molecule has 0 aliphatic rings. The number of thiophene rings is 2. The summed E-state index contributed by atoms with van der Waals surface area (Å²) in [6, 6.07) is 3.02. The highest BCUT2D eigenvalue weighted by Gasteiger charge is 2.17. The lowest BCUT2D eigenvalue weighted by Gasteiger charge is -2.03. The Morgan fingerprint density at radius 2 is 2.00 bits per heavy atom. The monoisotopic (exact) mass is 320 g/mol. The Morgan fingerprint density at radius 3 is 2.56 bits per heavy atom. The van der Waals surface area contributed by atoms with Crippen LogP contribution in [0.4, 0.5) is 5.00 Å². The highest BCUT2D eigenvalue weighted by molar-refractivity contribution is 7.20. The standard InChI is InChI=1S/C10H6Cl2N2O2S2/c11-6-3-5(7(12)18-6)9(16)14-10-4(8(13)15)1-2-17-10/h1-3H,(H2,13,15)(H,14,16). The smallest absolute Gasteiger partial charge is 0.258 e. The predicted octanol–water partition coefficient (Wildman–Crippen LogP) is 3.47. The van der Waals surface area contributed by atoms with E-state index in [1.165, 1.54) is 17.4 Å². The average Bonchev–Trinajstić information content (AvgIpc) is 2.85. The number of carbonyl (C=O) groups excluding carboxylic acids is 2. The van der Waals surface area contributed by atoms with Crippen molar-refractivity contribution in [2.75, 3.05) is 5.32 Å². The third-order valence-electron chi connectivity index (χ3n) is 2.06. The largest absolute Gasteiger partial charge is 0.366 e. The summed E-state index contributed by atoms with van der Waals surface area (Å²) in [4.78, 5) is 23.0. The number of halogens is 2. The van der Waals surface area contributed by atoms with Gasteiger partial charge in [-0.1, -0.05) is 23.2 Å². The van der Waals surface area contributed by atoms with Crippen molar-refractivity contribution < 1.29 is 9.59 Å². The van der Waals surface area contributed by atoms with E-state index in [4.69, 9.17) is 28.9 Å². The van der Waals surface area contributed by atoms with Crippen molar-refractivity contribution in [1.82, 2.24) is 0 Å². The van der Waals surface area contributed by atoms with Gasteiger partial charge >= 0.3 is 0 Å². The molecule has 2 amide bonds. The van der Waals surface area contributed by atoms with E-state index in [1.807, 2.05) is 0 Å². The normalized spacial score (nSPS) is 10.3. The molecule has 0 bridgehead atoms. The second kappa shape index (κ2) is 5.27. The summed E-state index contributed by atoms with van der Waals surface area (Å²) < 4.78 is 0.723. The van der Waals surface area contributed by atoms with Crippen molar-refractivity contribution in [3.63, 3.8) is 0 Å². The lowest BCUT2D eigenvalue weighted by molar-refractivity contribution is 0.100. The van der Waals surface area contributed by atoms with Crippen LogP contribution in [0.3, 0.4) is 0 Å². The Morgan fingerprint density at radius 1 is 1.28 bits per heavy atom. The van der Waals surface area contributed by atoms with Crippen LogP contribution in [0, 0.1) is 0 Å². The highest BCUT2D eigenvalue weighted by Crippen LogP contribution is 2.32. The van der Waals surface area contributed by atoms with Gasteiger partial charge in [-0.05, 0) is 17.5 Å². The first kappa shape index (κ1) is 13.4. The molecule has 8 heteroatoms. The van der Waals surface area contributed by atoms with Gasteiger partial charge in [-0.15, -0.1) is 22.7 Å². The minimum atomic E-state index is -0.596. The molecule has 2 heterocycles. The molecular weight excluding hydrogens is 315 g/mol. The highest BCUT2D eigenvalue weighted by atomic mass is 35.5. The molecule has 0 aliphatic heterocycles. The van der Waals surface area contributed by atoms with Crippen molar-refractivity contribution in [1.29, 1.82) is 0 Å². The number of amides is 2. The molecule has 0 saturated carbocycles. The summed E-state index contributed by atoms with van der Waals surface area (Å²) in [5.41, 5.74) is 5.72. The van der Waals surface area contributed by atoms with Gasteiger partial charge in [0.15, 0.2) is 0 Å². The molecule has 4 nitrogen and oxygen atoms in total. The molecule has 0 saturated heterocycles. The predicted molar refractivity (Wildman–Crippen MR) is 75.1 cm³/mol. The Labute approximate surface area is 120 Å². The molecule has 0 fully saturated rings. The minimum Gasteiger partial charge on any atom is -0.366 e. The Kier molecular flexibility index (Phi) is 3.91. The van der Waals surface area contributed by atoms with E-state index >= 15 is 0 Å². The minimum absolute atomic E-state index is 0.269. The number of nitrogens with two attached hydrogens (primary N) is 1. The van der Waals surface area contributed by atoms with Gasteiger partial charge in [0.05, 0.1) is 15.5 Å². The number of primary amides is 1. The average molecular weight is 321 g/mol. The topological polar surface area (TPSA) is 72.2 Å². The summed E-state index contributed by atoms with van der Waals surface area (Å²) in [7, 11) is 0.